The van der Waals surface area contributed by atoms with Crippen LogP contribution >= 0.6 is 15.9 Å². The van der Waals surface area contributed by atoms with Crippen molar-refractivity contribution in [1.29, 1.82) is 0 Å². The van der Waals surface area contributed by atoms with Crippen molar-refractivity contribution in [3.63, 3.8) is 0 Å². The molecule has 20 heavy (non-hydrogen) atoms. The second-order valence-corrected chi connectivity index (χ2v) is 6.19. The van der Waals surface area contributed by atoms with Crippen LogP contribution in [0.3, 0.4) is 0 Å². The molecule has 0 radical (unpaired) electrons. The summed E-state index contributed by atoms with van der Waals surface area (Å²) in [6.45, 7) is 1.07. The Balaban J connectivity index is 3.20. The Morgan fingerprint density at radius 2 is 2.10 bits per heavy atom. The highest BCUT2D eigenvalue weighted by Crippen LogP contribution is 2.28. The molecule has 0 saturated heterocycles. The van der Waals surface area contributed by atoms with Gasteiger partial charge in [0.25, 0.3) is 0 Å². The van der Waals surface area contributed by atoms with Crippen LogP contribution in [0.4, 0.5) is 0 Å². The van der Waals surface area contributed by atoms with Gasteiger partial charge in [-0.15, -0.1) is 0 Å². The number of sulfonamides is 1. The van der Waals surface area contributed by atoms with Crippen molar-refractivity contribution in [2.75, 3.05) is 20.2 Å². The maximum absolute atomic E-state index is 12.3. The molecular formula is C10H12BrNO7S. The van der Waals surface area contributed by atoms with Crippen LogP contribution in [0.15, 0.2) is 20.0 Å². The van der Waals surface area contributed by atoms with E-state index in [-0.39, 0.29) is 16.1 Å². The first kappa shape index (κ1) is 16.7. The summed E-state index contributed by atoms with van der Waals surface area (Å²) >= 11 is 2.85. The molecule has 1 aromatic heterocycles. The number of carbonyl (C=O) groups excluding carboxylic acids is 1. The molecule has 0 saturated carbocycles. The van der Waals surface area contributed by atoms with E-state index in [4.69, 9.17) is 9.52 Å². The van der Waals surface area contributed by atoms with Gasteiger partial charge < -0.3 is 14.3 Å². The minimum Gasteiger partial charge on any atom is -0.475 e. The molecule has 0 aliphatic carbocycles. The molecule has 0 bridgehead atoms. The molecule has 0 atom stereocenters. The molecule has 0 aliphatic rings. The number of hydrogen-bond acceptors (Lipinski definition) is 6. The molecular weight excluding hydrogens is 358 g/mol. The predicted molar refractivity (Wildman–Crippen MR) is 69.8 cm³/mol. The maximum Gasteiger partial charge on any atom is 0.371 e. The van der Waals surface area contributed by atoms with Crippen molar-refractivity contribution in [3.05, 3.63) is 16.5 Å². The van der Waals surface area contributed by atoms with E-state index in [1.165, 1.54) is 6.92 Å². The highest BCUT2D eigenvalue weighted by atomic mass is 79.9. The van der Waals surface area contributed by atoms with Crippen LogP contribution in [0.1, 0.15) is 17.5 Å². The van der Waals surface area contributed by atoms with Gasteiger partial charge in [0.2, 0.25) is 15.8 Å². The van der Waals surface area contributed by atoms with E-state index >= 15 is 0 Å². The van der Waals surface area contributed by atoms with E-state index in [0.717, 1.165) is 17.5 Å². The van der Waals surface area contributed by atoms with Crippen molar-refractivity contribution < 1.29 is 32.3 Å². The van der Waals surface area contributed by atoms with Gasteiger partial charge in [0.1, 0.15) is 11.4 Å². The van der Waals surface area contributed by atoms with Gasteiger partial charge >= 0.3 is 11.9 Å². The average Bonchev–Trinajstić information content (AvgIpc) is 2.78. The van der Waals surface area contributed by atoms with Gasteiger partial charge in [0.15, 0.2) is 4.67 Å². The highest BCUT2D eigenvalue weighted by molar-refractivity contribution is 9.10. The first-order chi connectivity index (χ1) is 9.23. The van der Waals surface area contributed by atoms with Gasteiger partial charge in [-0.05, 0) is 15.9 Å². The van der Waals surface area contributed by atoms with Gasteiger partial charge in [-0.2, -0.15) is 4.31 Å². The molecule has 0 spiro atoms. The summed E-state index contributed by atoms with van der Waals surface area (Å²) in [4.78, 5) is 21.6. The van der Waals surface area contributed by atoms with Gasteiger partial charge in [0, 0.05) is 12.6 Å². The zero-order valence-electron chi connectivity index (χ0n) is 10.6. The third-order valence-electron chi connectivity index (χ3n) is 2.37. The van der Waals surface area contributed by atoms with E-state index in [1.54, 1.807) is 0 Å². The Hall–Kier alpha value is -1.39. The van der Waals surface area contributed by atoms with Gasteiger partial charge in [-0.3, -0.25) is 4.79 Å². The molecule has 1 aromatic rings. The Morgan fingerprint density at radius 3 is 2.50 bits per heavy atom. The predicted octanol–water partition coefficient (Wildman–Crippen LogP) is 0.924. The van der Waals surface area contributed by atoms with E-state index < -0.39 is 34.3 Å². The topological polar surface area (TPSA) is 114 Å². The summed E-state index contributed by atoms with van der Waals surface area (Å²) in [6, 6.07) is 0.877. The summed E-state index contributed by atoms with van der Waals surface area (Å²) in [5, 5.41) is 8.77. The number of carboxylic acids is 1. The standard InChI is InChI=1S/C10H12BrNO7S/c1-3-12(5-8(13)18-2)20(16,17)7-4-6(10(14)15)19-9(7)11/h4H,3,5H2,1-2H3,(H,14,15). The zero-order chi connectivity index (χ0) is 15.5. The molecule has 0 aromatic carbocycles. The molecule has 0 unspecified atom stereocenters. The fourth-order valence-electron chi connectivity index (χ4n) is 1.35. The maximum atomic E-state index is 12.3. The van der Waals surface area contributed by atoms with Crippen LogP contribution in [-0.2, 0) is 19.6 Å². The number of furan rings is 1. The minimum atomic E-state index is -4.07. The Labute approximate surface area is 123 Å². The van der Waals surface area contributed by atoms with Crippen LogP contribution in [-0.4, -0.2) is 50.0 Å². The molecule has 0 amide bonds. The minimum absolute atomic E-state index is 0.0114. The second-order valence-electron chi connectivity index (χ2n) is 3.56. The smallest absolute Gasteiger partial charge is 0.371 e. The van der Waals surface area contributed by atoms with Crippen molar-refractivity contribution in [2.45, 2.75) is 11.8 Å². The monoisotopic (exact) mass is 369 g/mol. The molecule has 1 N–H and O–H groups in total. The van der Waals surface area contributed by atoms with Gasteiger partial charge in [0.05, 0.1) is 7.11 Å². The number of nitrogens with zero attached hydrogens (tertiary/aromatic N) is 1. The lowest BCUT2D eigenvalue weighted by molar-refractivity contribution is -0.140. The Morgan fingerprint density at radius 1 is 1.50 bits per heavy atom. The number of halogens is 1. The molecule has 0 fully saturated rings. The molecule has 8 nitrogen and oxygen atoms in total. The van der Waals surface area contributed by atoms with Crippen molar-refractivity contribution >= 4 is 37.9 Å². The molecule has 10 heteroatoms. The fraction of sp³-hybridized carbons (Fsp3) is 0.400. The molecule has 1 rings (SSSR count). The van der Waals surface area contributed by atoms with Crippen LogP contribution in [0.2, 0.25) is 0 Å². The number of esters is 1. The largest absolute Gasteiger partial charge is 0.475 e. The number of likely N-dealkylation sites (N-methyl/N-ethyl adjacent to an activating group) is 1. The first-order valence-electron chi connectivity index (χ1n) is 5.33. The summed E-state index contributed by atoms with van der Waals surface area (Å²) in [5.41, 5.74) is 0. The number of carboxylic acid groups (broad SMARTS) is 1. The lowest BCUT2D eigenvalue weighted by Gasteiger charge is -2.18. The SMILES string of the molecule is CCN(CC(=O)OC)S(=O)(=O)c1cc(C(=O)O)oc1Br. The van der Waals surface area contributed by atoms with Crippen LogP contribution in [0, 0.1) is 0 Å². The lowest BCUT2D eigenvalue weighted by Crippen LogP contribution is -2.36. The van der Waals surface area contributed by atoms with Crippen molar-refractivity contribution in [2.24, 2.45) is 0 Å². The van der Waals surface area contributed by atoms with Crippen molar-refractivity contribution in [3.8, 4) is 0 Å². The van der Waals surface area contributed by atoms with E-state index in [2.05, 4.69) is 20.7 Å². The normalized spacial score (nSPS) is 11.6. The first-order valence-corrected chi connectivity index (χ1v) is 7.57. The number of hydrogen-bond donors (Lipinski definition) is 1. The quantitative estimate of drug-likeness (QED) is 0.741. The fourth-order valence-corrected chi connectivity index (χ4v) is 3.64. The highest BCUT2D eigenvalue weighted by Gasteiger charge is 2.31. The number of carbonyl (C=O) groups is 2. The second kappa shape index (κ2) is 6.37. The average molecular weight is 370 g/mol. The van der Waals surface area contributed by atoms with E-state index in [9.17, 15) is 18.0 Å². The van der Waals surface area contributed by atoms with E-state index in [1.807, 2.05) is 0 Å². The van der Waals surface area contributed by atoms with Crippen LogP contribution in [0.25, 0.3) is 0 Å². The van der Waals surface area contributed by atoms with E-state index in [0.29, 0.717) is 0 Å². The molecule has 1 heterocycles. The zero-order valence-corrected chi connectivity index (χ0v) is 13.0. The number of aromatic carboxylic acids is 1. The third kappa shape index (κ3) is 3.38. The third-order valence-corrected chi connectivity index (χ3v) is 5.15. The molecule has 112 valence electrons. The van der Waals surface area contributed by atoms with Crippen molar-refractivity contribution in [1.82, 2.24) is 4.31 Å². The lowest BCUT2D eigenvalue weighted by atomic mass is 10.5. The Kier molecular flexibility index (Phi) is 5.31. The van der Waals surface area contributed by atoms with Gasteiger partial charge in [-0.25, -0.2) is 13.2 Å². The molecule has 0 aliphatic heterocycles. The van der Waals surface area contributed by atoms with Crippen LogP contribution < -0.4 is 0 Å². The summed E-state index contributed by atoms with van der Waals surface area (Å²) in [7, 11) is -2.93. The summed E-state index contributed by atoms with van der Waals surface area (Å²) in [5.74, 6) is -2.65. The Bertz CT molecular complexity index is 622. The van der Waals surface area contributed by atoms with Crippen LogP contribution in [0.5, 0.6) is 0 Å². The summed E-state index contributed by atoms with van der Waals surface area (Å²) < 4.78 is 34.4. The number of methoxy groups -OCH3 is 1. The number of rotatable bonds is 6. The van der Waals surface area contributed by atoms with Gasteiger partial charge in [-0.1, -0.05) is 6.92 Å². The number of ether oxygens (including phenoxy) is 1. The summed E-state index contributed by atoms with van der Waals surface area (Å²) in [6.07, 6.45) is 0.